The minimum Gasteiger partial charge on any atom is -0.310 e. The quantitative estimate of drug-likeness (QED) is 0.679. The van der Waals surface area contributed by atoms with Crippen LogP contribution in [-0.4, -0.2) is 6.54 Å². The summed E-state index contributed by atoms with van der Waals surface area (Å²) >= 11 is 5.34. The van der Waals surface area contributed by atoms with Gasteiger partial charge in [-0.15, -0.1) is 11.3 Å². The molecule has 0 fully saturated rings. The molecule has 0 radical (unpaired) electrons. The van der Waals surface area contributed by atoms with E-state index in [2.05, 4.69) is 53.5 Å². The third-order valence-electron chi connectivity index (χ3n) is 3.05. The largest absolute Gasteiger partial charge is 0.310 e. The highest BCUT2D eigenvalue weighted by Crippen LogP contribution is 2.29. The van der Waals surface area contributed by atoms with E-state index < -0.39 is 0 Å². The van der Waals surface area contributed by atoms with E-state index in [0.29, 0.717) is 6.04 Å². The second-order valence-electron chi connectivity index (χ2n) is 4.82. The third kappa shape index (κ3) is 5.54. The predicted molar refractivity (Wildman–Crippen MR) is 81.7 cm³/mol. The summed E-state index contributed by atoms with van der Waals surface area (Å²) in [6, 6.07) is 2.79. The monoisotopic (exact) mass is 317 g/mol. The average molecular weight is 318 g/mol. The number of thiophene rings is 1. The standard InChI is InChI=1S/C14H24BrNS/c1-4-6-11(3)8-13(16-7-5-2)12-9-14(15)17-10-12/h9-11,13,16H,4-8H2,1-3H3. The lowest BCUT2D eigenvalue weighted by molar-refractivity contribution is 0.391. The van der Waals surface area contributed by atoms with Gasteiger partial charge in [0.25, 0.3) is 0 Å². The van der Waals surface area contributed by atoms with Gasteiger partial charge < -0.3 is 5.32 Å². The molecular weight excluding hydrogens is 294 g/mol. The Balaban J connectivity index is 2.60. The van der Waals surface area contributed by atoms with Crippen molar-refractivity contribution >= 4 is 27.3 Å². The summed E-state index contributed by atoms with van der Waals surface area (Å²) in [6.07, 6.45) is 5.06. The number of nitrogens with one attached hydrogen (secondary N) is 1. The van der Waals surface area contributed by atoms with Crippen molar-refractivity contribution in [2.24, 2.45) is 5.92 Å². The molecule has 0 spiro atoms. The topological polar surface area (TPSA) is 12.0 Å². The highest BCUT2D eigenvalue weighted by Gasteiger charge is 2.15. The van der Waals surface area contributed by atoms with Crippen LogP contribution >= 0.6 is 27.3 Å². The first-order valence-electron chi connectivity index (χ1n) is 6.64. The molecule has 1 N–H and O–H groups in total. The highest BCUT2D eigenvalue weighted by atomic mass is 79.9. The fourth-order valence-corrected chi connectivity index (χ4v) is 3.40. The first-order valence-corrected chi connectivity index (χ1v) is 8.31. The lowest BCUT2D eigenvalue weighted by Gasteiger charge is -2.21. The fourth-order valence-electron chi connectivity index (χ4n) is 2.17. The maximum atomic E-state index is 3.67. The molecule has 1 heterocycles. The molecule has 0 aliphatic rings. The Morgan fingerprint density at radius 2 is 2.12 bits per heavy atom. The summed E-state index contributed by atoms with van der Waals surface area (Å²) in [5.41, 5.74) is 1.44. The van der Waals surface area contributed by atoms with Gasteiger partial charge >= 0.3 is 0 Å². The van der Waals surface area contributed by atoms with E-state index in [1.807, 2.05) is 0 Å². The Bertz CT molecular complexity index is 311. The summed E-state index contributed by atoms with van der Waals surface area (Å²) in [7, 11) is 0. The van der Waals surface area contributed by atoms with Crippen LogP contribution in [0.25, 0.3) is 0 Å². The van der Waals surface area contributed by atoms with Gasteiger partial charge in [-0.2, -0.15) is 0 Å². The van der Waals surface area contributed by atoms with E-state index in [4.69, 9.17) is 0 Å². The van der Waals surface area contributed by atoms with Gasteiger partial charge in [-0.1, -0.05) is 33.6 Å². The second kappa shape index (κ2) is 8.28. The van der Waals surface area contributed by atoms with Crippen molar-refractivity contribution in [3.05, 3.63) is 20.8 Å². The summed E-state index contributed by atoms with van der Waals surface area (Å²) < 4.78 is 1.24. The van der Waals surface area contributed by atoms with E-state index >= 15 is 0 Å². The van der Waals surface area contributed by atoms with Crippen molar-refractivity contribution < 1.29 is 0 Å². The first kappa shape index (κ1) is 15.2. The summed E-state index contributed by atoms with van der Waals surface area (Å²) in [6.45, 7) is 7.97. The molecule has 17 heavy (non-hydrogen) atoms. The van der Waals surface area contributed by atoms with Gasteiger partial charge in [0.1, 0.15) is 0 Å². The van der Waals surface area contributed by atoms with Gasteiger partial charge in [-0.3, -0.25) is 0 Å². The van der Waals surface area contributed by atoms with Crippen LogP contribution in [0.2, 0.25) is 0 Å². The molecule has 1 rings (SSSR count). The molecule has 0 saturated heterocycles. The van der Waals surface area contributed by atoms with Gasteiger partial charge in [0, 0.05) is 6.04 Å². The van der Waals surface area contributed by atoms with Crippen LogP contribution in [0.3, 0.4) is 0 Å². The molecule has 0 bridgehead atoms. The molecule has 0 aromatic carbocycles. The van der Waals surface area contributed by atoms with Crippen molar-refractivity contribution in [1.82, 2.24) is 5.32 Å². The zero-order chi connectivity index (χ0) is 12.7. The van der Waals surface area contributed by atoms with E-state index in [1.54, 1.807) is 11.3 Å². The Hall–Kier alpha value is 0.140. The third-order valence-corrected chi connectivity index (χ3v) is 4.57. The molecule has 1 nitrogen and oxygen atoms in total. The lowest BCUT2D eigenvalue weighted by atomic mass is 9.94. The lowest BCUT2D eigenvalue weighted by Crippen LogP contribution is -2.23. The molecule has 0 aliphatic carbocycles. The fraction of sp³-hybridized carbons (Fsp3) is 0.714. The minimum atomic E-state index is 0.527. The molecule has 2 atom stereocenters. The number of hydrogen-bond donors (Lipinski definition) is 1. The van der Waals surface area contributed by atoms with Gasteiger partial charge in [0.15, 0.2) is 0 Å². The normalized spacial score (nSPS) is 14.8. The van der Waals surface area contributed by atoms with Crippen LogP contribution in [0.15, 0.2) is 15.2 Å². The van der Waals surface area contributed by atoms with Gasteiger partial charge in [0.2, 0.25) is 0 Å². The number of rotatable bonds is 8. The number of hydrogen-bond acceptors (Lipinski definition) is 2. The molecular formula is C14H24BrNS. The van der Waals surface area contributed by atoms with Crippen molar-refractivity contribution in [3.63, 3.8) is 0 Å². The maximum absolute atomic E-state index is 3.67. The van der Waals surface area contributed by atoms with Crippen molar-refractivity contribution in [3.8, 4) is 0 Å². The van der Waals surface area contributed by atoms with Crippen LogP contribution in [0.5, 0.6) is 0 Å². The van der Waals surface area contributed by atoms with Gasteiger partial charge in [-0.05, 0) is 58.2 Å². The molecule has 0 amide bonds. The average Bonchev–Trinajstić information content (AvgIpc) is 2.71. The van der Waals surface area contributed by atoms with E-state index in [1.165, 1.54) is 35.0 Å². The molecule has 98 valence electrons. The van der Waals surface area contributed by atoms with Gasteiger partial charge in [-0.25, -0.2) is 0 Å². The Kier molecular flexibility index (Phi) is 7.40. The molecule has 3 heteroatoms. The molecule has 1 aromatic heterocycles. The summed E-state index contributed by atoms with van der Waals surface area (Å²) in [5, 5.41) is 5.95. The van der Waals surface area contributed by atoms with Crippen molar-refractivity contribution in [2.75, 3.05) is 6.54 Å². The van der Waals surface area contributed by atoms with Crippen molar-refractivity contribution in [2.45, 2.75) is 52.5 Å². The van der Waals surface area contributed by atoms with Crippen molar-refractivity contribution in [1.29, 1.82) is 0 Å². The SMILES string of the molecule is CCCNC(CC(C)CCC)c1csc(Br)c1. The second-order valence-corrected chi connectivity index (χ2v) is 7.11. The van der Waals surface area contributed by atoms with Crippen LogP contribution in [0, 0.1) is 5.92 Å². The van der Waals surface area contributed by atoms with Gasteiger partial charge in [0.05, 0.1) is 3.79 Å². The Labute approximate surface area is 118 Å². The smallest absolute Gasteiger partial charge is 0.0701 e. The van der Waals surface area contributed by atoms with E-state index in [9.17, 15) is 0 Å². The maximum Gasteiger partial charge on any atom is 0.0701 e. The van der Waals surface area contributed by atoms with Crippen LogP contribution < -0.4 is 5.32 Å². The van der Waals surface area contributed by atoms with E-state index in [0.717, 1.165) is 12.5 Å². The Morgan fingerprint density at radius 3 is 2.65 bits per heavy atom. The summed E-state index contributed by atoms with van der Waals surface area (Å²) in [4.78, 5) is 0. The van der Waals surface area contributed by atoms with Crippen LogP contribution in [0.1, 0.15) is 58.1 Å². The zero-order valence-corrected chi connectivity index (χ0v) is 13.5. The predicted octanol–water partition coefficient (Wildman–Crippen LogP) is 5.38. The van der Waals surface area contributed by atoms with Crippen LogP contribution in [-0.2, 0) is 0 Å². The molecule has 1 aromatic rings. The zero-order valence-electron chi connectivity index (χ0n) is 11.1. The molecule has 2 unspecified atom stereocenters. The Morgan fingerprint density at radius 1 is 1.35 bits per heavy atom. The summed E-state index contributed by atoms with van der Waals surface area (Å²) in [5.74, 6) is 0.799. The molecule has 0 saturated carbocycles. The van der Waals surface area contributed by atoms with Crippen LogP contribution in [0.4, 0.5) is 0 Å². The number of halogens is 1. The minimum absolute atomic E-state index is 0.527. The first-order chi connectivity index (χ1) is 8.17. The highest BCUT2D eigenvalue weighted by molar-refractivity contribution is 9.11. The van der Waals surface area contributed by atoms with E-state index in [-0.39, 0.29) is 0 Å². The molecule has 0 aliphatic heterocycles.